The predicted molar refractivity (Wildman–Crippen MR) is 133 cm³/mol. The number of hydrogen-bond donors (Lipinski definition) is 2. The normalized spacial score (nSPS) is 21.5. The fourth-order valence-corrected chi connectivity index (χ4v) is 6.32. The fraction of sp³-hybridized carbons (Fsp3) is 0.542. The van der Waals surface area contributed by atoms with Crippen molar-refractivity contribution in [3.05, 3.63) is 36.0 Å². The number of ether oxygens (including phenoxy) is 1. The summed E-state index contributed by atoms with van der Waals surface area (Å²) in [5.74, 6) is -0.0473. The monoisotopic (exact) mass is 520 g/mol. The molecule has 0 amide bonds. The van der Waals surface area contributed by atoms with Gasteiger partial charge in [-0.05, 0) is 56.6 Å². The van der Waals surface area contributed by atoms with E-state index in [-0.39, 0.29) is 29.4 Å². The van der Waals surface area contributed by atoms with Crippen LogP contribution in [0.3, 0.4) is 0 Å². The molecule has 5 rings (SSSR count). The van der Waals surface area contributed by atoms with E-state index in [1.807, 2.05) is 4.57 Å². The summed E-state index contributed by atoms with van der Waals surface area (Å²) in [6.45, 7) is 1.20. The number of fused-ring (bicyclic) bond motifs is 1. The summed E-state index contributed by atoms with van der Waals surface area (Å²) in [4.78, 5) is 13.8. The average Bonchev–Trinajstić information content (AvgIpc) is 3.19. The minimum absolute atomic E-state index is 0.0453. The molecule has 1 aromatic carbocycles. The third kappa shape index (κ3) is 5.75. The van der Waals surface area contributed by atoms with Crippen molar-refractivity contribution in [2.24, 2.45) is 5.92 Å². The topological polar surface area (TPSA) is 111 Å². The second-order valence-corrected chi connectivity index (χ2v) is 11.9. The van der Waals surface area contributed by atoms with Crippen molar-refractivity contribution in [2.45, 2.75) is 50.6 Å². The summed E-state index contributed by atoms with van der Waals surface area (Å²) in [6.07, 6.45) is 7.80. The summed E-state index contributed by atoms with van der Waals surface area (Å²) in [5.41, 5.74) is 1.31. The van der Waals surface area contributed by atoms with Gasteiger partial charge in [0, 0.05) is 37.6 Å². The SMILES string of the molecule is CS(=O)(=O)CC1CCC(Nc2ncc3nc(Nc4ccc(F)cc4F)n(C4CCOCC4)c3n2)CC1. The Morgan fingerprint density at radius 3 is 2.53 bits per heavy atom. The van der Waals surface area contributed by atoms with E-state index in [0.29, 0.717) is 36.3 Å². The van der Waals surface area contributed by atoms with Crippen molar-refractivity contribution < 1.29 is 21.9 Å². The van der Waals surface area contributed by atoms with Crippen LogP contribution in [-0.2, 0) is 14.6 Å². The summed E-state index contributed by atoms with van der Waals surface area (Å²) >= 11 is 0. The molecule has 2 fully saturated rings. The maximum atomic E-state index is 14.4. The molecule has 2 aromatic heterocycles. The van der Waals surface area contributed by atoms with E-state index < -0.39 is 21.5 Å². The molecule has 1 saturated heterocycles. The molecule has 0 atom stereocenters. The van der Waals surface area contributed by atoms with Gasteiger partial charge in [-0.2, -0.15) is 4.98 Å². The molecular weight excluding hydrogens is 490 g/mol. The molecule has 0 unspecified atom stereocenters. The van der Waals surface area contributed by atoms with Gasteiger partial charge < -0.3 is 15.4 Å². The van der Waals surface area contributed by atoms with Gasteiger partial charge >= 0.3 is 0 Å². The van der Waals surface area contributed by atoms with Crippen LogP contribution < -0.4 is 10.6 Å². The van der Waals surface area contributed by atoms with E-state index in [9.17, 15) is 17.2 Å². The summed E-state index contributed by atoms with van der Waals surface area (Å²) in [6, 6.07) is 3.57. The molecule has 1 aliphatic carbocycles. The smallest absolute Gasteiger partial charge is 0.224 e. The molecule has 36 heavy (non-hydrogen) atoms. The minimum Gasteiger partial charge on any atom is -0.381 e. The van der Waals surface area contributed by atoms with Crippen LogP contribution in [-0.4, -0.2) is 59.2 Å². The Labute approximate surface area is 208 Å². The molecule has 0 spiro atoms. The van der Waals surface area contributed by atoms with Crippen LogP contribution in [0.15, 0.2) is 24.4 Å². The van der Waals surface area contributed by atoms with Crippen LogP contribution in [0.4, 0.5) is 26.4 Å². The van der Waals surface area contributed by atoms with E-state index in [1.165, 1.54) is 18.4 Å². The molecule has 194 valence electrons. The number of aromatic nitrogens is 4. The Kier molecular flexibility index (Phi) is 7.07. The lowest BCUT2D eigenvalue weighted by Gasteiger charge is -2.28. The number of anilines is 3. The number of benzene rings is 1. The molecule has 1 saturated carbocycles. The zero-order valence-electron chi connectivity index (χ0n) is 20.1. The zero-order valence-corrected chi connectivity index (χ0v) is 20.9. The zero-order chi connectivity index (χ0) is 25.3. The first-order chi connectivity index (χ1) is 17.2. The first-order valence-corrected chi connectivity index (χ1v) is 14.3. The Hall–Kier alpha value is -2.86. The second-order valence-electron chi connectivity index (χ2n) is 9.75. The average molecular weight is 521 g/mol. The van der Waals surface area contributed by atoms with Crippen molar-refractivity contribution in [1.82, 2.24) is 19.5 Å². The summed E-state index contributed by atoms with van der Waals surface area (Å²) < 4.78 is 58.5. The quantitative estimate of drug-likeness (QED) is 0.477. The van der Waals surface area contributed by atoms with Crippen molar-refractivity contribution >= 4 is 38.6 Å². The van der Waals surface area contributed by atoms with Crippen LogP contribution >= 0.6 is 0 Å². The van der Waals surface area contributed by atoms with Crippen LogP contribution in [0.5, 0.6) is 0 Å². The number of rotatable bonds is 7. The molecule has 3 heterocycles. The van der Waals surface area contributed by atoms with Gasteiger partial charge in [0.15, 0.2) is 5.65 Å². The number of imidazole rings is 1. The number of hydrogen-bond acceptors (Lipinski definition) is 8. The Morgan fingerprint density at radius 1 is 1.08 bits per heavy atom. The highest BCUT2D eigenvalue weighted by Gasteiger charge is 2.26. The molecule has 12 heteroatoms. The molecule has 2 aliphatic rings. The molecule has 1 aliphatic heterocycles. The molecule has 2 N–H and O–H groups in total. The van der Waals surface area contributed by atoms with Gasteiger partial charge in [-0.1, -0.05) is 0 Å². The van der Waals surface area contributed by atoms with Crippen molar-refractivity contribution in [3.8, 4) is 0 Å². The number of nitrogens with zero attached hydrogens (tertiary/aromatic N) is 4. The number of nitrogens with one attached hydrogen (secondary N) is 2. The largest absolute Gasteiger partial charge is 0.381 e. The maximum absolute atomic E-state index is 14.4. The summed E-state index contributed by atoms with van der Waals surface area (Å²) in [7, 11) is -2.98. The Balaban J connectivity index is 1.39. The van der Waals surface area contributed by atoms with Gasteiger partial charge in [0.1, 0.15) is 27.0 Å². The molecule has 0 radical (unpaired) electrons. The van der Waals surface area contributed by atoms with Crippen LogP contribution in [0.1, 0.15) is 44.6 Å². The third-order valence-electron chi connectivity index (χ3n) is 6.88. The molecule has 3 aromatic rings. The van der Waals surface area contributed by atoms with E-state index >= 15 is 0 Å². The predicted octanol–water partition coefficient (Wildman–Crippen LogP) is 4.21. The van der Waals surface area contributed by atoms with Gasteiger partial charge in [-0.15, -0.1) is 0 Å². The number of halogens is 2. The van der Waals surface area contributed by atoms with E-state index in [4.69, 9.17) is 9.72 Å². The van der Waals surface area contributed by atoms with E-state index in [2.05, 4.69) is 20.6 Å². The molecule has 9 nitrogen and oxygen atoms in total. The van der Waals surface area contributed by atoms with Crippen LogP contribution in [0, 0.1) is 17.6 Å². The summed E-state index contributed by atoms with van der Waals surface area (Å²) in [5, 5.41) is 6.41. The van der Waals surface area contributed by atoms with E-state index in [0.717, 1.165) is 44.6 Å². The highest BCUT2D eigenvalue weighted by atomic mass is 32.2. The Morgan fingerprint density at radius 2 is 1.83 bits per heavy atom. The van der Waals surface area contributed by atoms with Crippen LogP contribution in [0.2, 0.25) is 0 Å². The molecular formula is C24H30F2N6O3S. The minimum atomic E-state index is -2.98. The fourth-order valence-electron chi connectivity index (χ4n) is 5.13. The highest BCUT2D eigenvalue weighted by Crippen LogP contribution is 2.32. The second kappa shape index (κ2) is 10.3. The van der Waals surface area contributed by atoms with Gasteiger partial charge in [0.2, 0.25) is 11.9 Å². The van der Waals surface area contributed by atoms with Gasteiger partial charge in [0.25, 0.3) is 0 Å². The van der Waals surface area contributed by atoms with Gasteiger partial charge in [-0.3, -0.25) is 4.57 Å². The Bertz CT molecular complexity index is 1340. The van der Waals surface area contributed by atoms with E-state index in [1.54, 1.807) is 6.20 Å². The first-order valence-electron chi connectivity index (χ1n) is 12.2. The standard InChI is InChI=1S/C24H30F2N6O3S/c1-36(33,34)14-15-2-5-17(6-3-15)28-23-27-13-21-22(31-23)32(18-8-10-35-11-9-18)24(30-21)29-20-7-4-16(25)12-19(20)26/h4,7,12-13,15,17-18H,2-3,5-6,8-11,14H2,1H3,(H,29,30)(H,27,28,31). The van der Waals surface area contributed by atoms with Crippen molar-refractivity contribution in [3.63, 3.8) is 0 Å². The lowest BCUT2D eigenvalue weighted by atomic mass is 9.87. The van der Waals surface area contributed by atoms with Crippen molar-refractivity contribution in [1.29, 1.82) is 0 Å². The van der Waals surface area contributed by atoms with Gasteiger partial charge in [0.05, 0.1) is 17.6 Å². The lowest BCUT2D eigenvalue weighted by Crippen LogP contribution is -2.29. The molecule has 0 bridgehead atoms. The first kappa shape index (κ1) is 24.8. The maximum Gasteiger partial charge on any atom is 0.224 e. The van der Waals surface area contributed by atoms with Gasteiger partial charge in [-0.25, -0.2) is 27.2 Å². The van der Waals surface area contributed by atoms with Crippen molar-refractivity contribution in [2.75, 3.05) is 35.9 Å². The highest BCUT2D eigenvalue weighted by molar-refractivity contribution is 7.90. The number of sulfone groups is 1. The lowest BCUT2D eigenvalue weighted by molar-refractivity contribution is 0.0710. The van der Waals surface area contributed by atoms with Crippen LogP contribution in [0.25, 0.3) is 11.2 Å². The third-order valence-corrected chi connectivity index (χ3v) is 7.96.